The number of rotatable bonds is 4. The summed E-state index contributed by atoms with van der Waals surface area (Å²) in [6, 6.07) is 2.92. The summed E-state index contributed by atoms with van der Waals surface area (Å²) >= 11 is 0. The summed E-state index contributed by atoms with van der Waals surface area (Å²) in [6.45, 7) is 1.68. The first-order valence-corrected chi connectivity index (χ1v) is 6.38. The second kappa shape index (κ2) is 4.63. The molecule has 8 nitrogen and oxygen atoms in total. The van der Waals surface area contributed by atoms with Gasteiger partial charge in [-0.1, -0.05) is 0 Å². The van der Waals surface area contributed by atoms with Gasteiger partial charge in [0.1, 0.15) is 6.26 Å². The fourth-order valence-electron chi connectivity index (χ4n) is 1.28. The lowest BCUT2D eigenvalue weighted by molar-refractivity contribution is 0.568. The van der Waals surface area contributed by atoms with Crippen molar-refractivity contribution in [3.8, 4) is 0 Å². The lowest BCUT2D eigenvalue weighted by Crippen LogP contribution is -2.19. The van der Waals surface area contributed by atoms with Crippen LogP contribution in [0.1, 0.15) is 5.69 Å². The molecule has 0 radical (unpaired) electrons. The molecule has 4 N–H and O–H groups in total. The molecule has 2 rings (SSSR count). The molecule has 0 aliphatic heterocycles. The van der Waals surface area contributed by atoms with E-state index in [-0.39, 0.29) is 16.7 Å². The van der Waals surface area contributed by atoms with Crippen molar-refractivity contribution in [3.63, 3.8) is 0 Å². The summed E-state index contributed by atoms with van der Waals surface area (Å²) in [5, 5.41) is -0.233. The van der Waals surface area contributed by atoms with Gasteiger partial charge in [0.15, 0.2) is 0 Å². The molecule has 0 amide bonds. The molecule has 0 atom stereocenters. The first-order chi connectivity index (χ1) is 8.53. The number of aryl methyl sites for hydroxylation is 1. The third kappa shape index (κ3) is 2.41. The molecule has 96 valence electrons. The van der Waals surface area contributed by atoms with E-state index >= 15 is 0 Å². The average molecular weight is 269 g/mol. The van der Waals surface area contributed by atoms with Gasteiger partial charge in [-0.3, -0.25) is 5.84 Å². The molecule has 0 fully saturated rings. The molecule has 2 aromatic heterocycles. The minimum Gasteiger partial charge on any atom is -0.431 e. The molecular weight excluding hydrogens is 258 g/mol. The summed E-state index contributed by atoms with van der Waals surface area (Å²) in [5.41, 5.74) is 3.00. The molecular formula is C9H11N5O3S. The summed E-state index contributed by atoms with van der Waals surface area (Å²) in [7, 11) is -3.90. The van der Waals surface area contributed by atoms with Crippen LogP contribution in [0.5, 0.6) is 0 Å². The van der Waals surface area contributed by atoms with Gasteiger partial charge in [-0.25, -0.2) is 9.71 Å². The van der Waals surface area contributed by atoms with Gasteiger partial charge in [-0.05, 0) is 19.1 Å². The van der Waals surface area contributed by atoms with Gasteiger partial charge in [0.25, 0.3) is 10.0 Å². The van der Waals surface area contributed by atoms with Gasteiger partial charge in [0, 0.05) is 6.20 Å². The van der Waals surface area contributed by atoms with E-state index in [4.69, 9.17) is 10.3 Å². The van der Waals surface area contributed by atoms with E-state index in [1.165, 1.54) is 18.5 Å². The third-order valence-electron chi connectivity index (χ3n) is 2.02. The number of nitrogens with two attached hydrogens (primary N) is 1. The maximum atomic E-state index is 12.0. The number of aromatic nitrogens is 2. The number of pyridine rings is 1. The minimum absolute atomic E-state index is 0.124. The molecule has 0 aliphatic rings. The number of nitrogens with zero attached hydrogens (tertiary/aromatic N) is 2. The number of nitrogens with one attached hydrogen (secondary N) is 2. The van der Waals surface area contributed by atoms with Gasteiger partial charge in [-0.2, -0.15) is 13.4 Å². The lowest BCUT2D eigenvalue weighted by atomic mass is 10.4. The SMILES string of the molecule is Cc1coc(NS(=O)(=O)c2ncccc2NN)n1. The Morgan fingerprint density at radius 2 is 2.22 bits per heavy atom. The first-order valence-electron chi connectivity index (χ1n) is 4.89. The number of oxazole rings is 1. The van der Waals surface area contributed by atoms with Crippen molar-refractivity contribution in [2.75, 3.05) is 10.1 Å². The Bertz CT molecular complexity index is 652. The molecule has 0 spiro atoms. The van der Waals surface area contributed by atoms with Crippen molar-refractivity contribution < 1.29 is 12.8 Å². The molecule has 0 aromatic carbocycles. The highest BCUT2D eigenvalue weighted by molar-refractivity contribution is 7.92. The van der Waals surface area contributed by atoms with Gasteiger partial charge in [0.2, 0.25) is 5.03 Å². The highest BCUT2D eigenvalue weighted by Crippen LogP contribution is 2.19. The van der Waals surface area contributed by atoms with Crippen LogP contribution in [0, 0.1) is 6.92 Å². The Labute approximate surface area is 103 Å². The summed E-state index contributed by atoms with van der Waals surface area (Å²) in [5.74, 6) is 5.22. The predicted molar refractivity (Wildman–Crippen MR) is 64.1 cm³/mol. The van der Waals surface area contributed by atoms with Crippen molar-refractivity contribution in [3.05, 3.63) is 30.3 Å². The van der Waals surface area contributed by atoms with Crippen molar-refractivity contribution in [1.29, 1.82) is 0 Å². The normalized spacial score (nSPS) is 11.2. The highest BCUT2D eigenvalue weighted by atomic mass is 32.2. The topological polar surface area (TPSA) is 123 Å². The largest absolute Gasteiger partial charge is 0.431 e. The Morgan fingerprint density at radius 3 is 2.83 bits per heavy atom. The van der Waals surface area contributed by atoms with Crippen LogP contribution in [0.3, 0.4) is 0 Å². The van der Waals surface area contributed by atoms with E-state index in [9.17, 15) is 8.42 Å². The van der Waals surface area contributed by atoms with Gasteiger partial charge < -0.3 is 9.84 Å². The van der Waals surface area contributed by atoms with Crippen molar-refractivity contribution in [2.45, 2.75) is 11.9 Å². The quantitative estimate of drug-likeness (QED) is 0.544. The van der Waals surface area contributed by atoms with E-state index in [1.54, 1.807) is 13.0 Å². The molecule has 0 bridgehead atoms. The van der Waals surface area contributed by atoms with Gasteiger partial charge in [-0.15, -0.1) is 0 Å². The van der Waals surface area contributed by atoms with Crippen LogP contribution in [-0.4, -0.2) is 18.4 Å². The van der Waals surface area contributed by atoms with E-state index in [0.717, 1.165) is 0 Å². The number of anilines is 2. The summed E-state index contributed by atoms with van der Waals surface area (Å²) < 4.78 is 31.1. The maximum absolute atomic E-state index is 12.0. The predicted octanol–water partition coefficient (Wildman–Crippen LogP) is 0.464. The maximum Gasteiger partial charge on any atom is 0.309 e. The molecule has 9 heteroatoms. The minimum atomic E-state index is -3.90. The Kier molecular flexibility index (Phi) is 3.17. The van der Waals surface area contributed by atoms with Crippen molar-refractivity contribution >= 4 is 21.7 Å². The van der Waals surface area contributed by atoms with Crippen molar-refractivity contribution in [2.24, 2.45) is 5.84 Å². The van der Waals surface area contributed by atoms with Crippen LogP contribution in [0.4, 0.5) is 11.7 Å². The molecule has 18 heavy (non-hydrogen) atoms. The summed E-state index contributed by atoms with van der Waals surface area (Å²) in [4.78, 5) is 7.60. The van der Waals surface area contributed by atoms with Crippen LogP contribution >= 0.6 is 0 Å². The number of sulfonamides is 1. The Morgan fingerprint density at radius 1 is 1.44 bits per heavy atom. The van der Waals surface area contributed by atoms with E-state index in [0.29, 0.717) is 5.69 Å². The smallest absolute Gasteiger partial charge is 0.309 e. The fraction of sp³-hybridized carbons (Fsp3) is 0.111. The first kappa shape index (κ1) is 12.3. The lowest BCUT2D eigenvalue weighted by Gasteiger charge is -2.07. The Balaban J connectivity index is 2.36. The van der Waals surface area contributed by atoms with Crippen LogP contribution < -0.4 is 16.0 Å². The monoisotopic (exact) mass is 269 g/mol. The highest BCUT2D eigenvalue weighted by Gasteiger charge is 2.21. The van der Waals surface area contributed by atoms with Crippen LogP contribution in [0.15, 0.2) is 34.0 Å². The second-order valence-corrected chi connectivity index (χ2v) is 5.00. The van der Waals surface area contributed by atoms with Crippen LogP contribution in [0.2, 0.25) is 0 Å². The number of hydrogen-bond donors (Lipinski definition) is 3. The number of hydrogen-bond acceptors (Lipinski definition) is 7. The van der Waals surface area contributed by atoms with E-state index < -0.39 is 10.0 Å². The zero-order chi connectivity index (χ0) is 13.2. The molecule has 0 unspecified atom stereocenters. The third-order valence-corrected chi connectivity index (χ3v) is 3.30. The molecule has 0 saturated carbocycles. The summed E-state index contributed by atoms with van der Waals surface area (Å²) in [6.07, 6.45) is 2.68. The van der Waals surface area contributed by atoms with Crippen molar-refractivity contribution in [1.82, 2.24) is 9.97 Å². The zero-order valence-corrected chi connectivity index (χ0v) is 10.2. The second-order valence-electron chi connectivity index (χ2n) is 3.40. The van der Waals surface area contributed by atoms with Gasteiger partial charge >= 0.3 is 6.01 Å². The standard InChI is InChI=1S/C9H11N5O3S/c1-6-5-17-9(12-6)14-18(15,16)8-7(13-10)3-2-4-11-8/h2-5,13H,10H2,1H3,(H,12,14). The number of hydrazine groups is 1. The van der Waals surface area contributed by atoms with Gasteiger partial charge in [0.05, 0.1) is 11.4 Å². The Hall–Kier alpha value is -2.13. The molecule has 0 aliphatic carbocycles. The average Bonchev–Trinajstić information content (AvgIpc) is 2.74. The fourth-order valence-corrected chi connectivity index (χ4v) is 2.32. The van der Waals surface area contributed by atoms with E-state index in [1.807, 2.05) is 0 Å². The molecule has 2 aromatic rings. The molecule has 0 saturated heterocycles. The van der Waals surface area contributed by atoms with Crippen LogP contribution in [0.25, 0.3) is 0 Å². The number of nitrogen functional groups attached to an aromatic ring is 1. The molecule has 2 heterocycles. The van der Waals surface area contributed by atoms with E-state index in [2.05, 4.69) is 20.1 Å². The zero-order valence-electron chi connectivity index (χ0n) is 9.41. The van der Waals surface area contributed by atoms with Crippen LogP contribution in [-0.2, 0) is 10.0 Å².